The number of nitrogens with zero attached hydrogens (tertiary/aromatic N) is 4. The van der Waals surface area contributed by atoms with Gasteiger partial charge in [-0.1, -0.05) is 23.2 Å². The first-order chi connectivity index (χ1) is 11.3. The lowest BCUT2D eigenvalue weighted by molar-refractivity contribution is 0.474. The normalized spacial score (nSPS) is 11.8. The van der Waals surface area contributed by atoms with E-state index in [4.69, 9.17) is 23.2 Å². The summed E-state index contributed by atoms with van der Waals surface area (Å²) in [6.45, 7) is 7.81. The first-order valence-corrected chi connectivity index (χ1v) is 8.10. The van der Waals surface area contributed by atoms with E-state index in [-0.39, 0.29) is 10.8 Å². The van der Waals surface area contributed by atoms with Gasteiger partial charge in [-0.05, 0) is 39.8 Å². The van der Waals surface area contributed by atoms with Gasteiger partial charge in [0.2, 0.25) is 0 Å². The van der Waals surface area contributed by atoms with Crippen LogP contribution in [-0.4, -0.2) is 26.2 Å². The van der Waals surface area contributed by atoms with Gasteiger partial charge >= 0.3 is 0 Å². The van der Waals surface area contributed by atoms with Crippen molar-refractivity contribution in [1.29, 1.82) is 0 Å². The number of halogens is 2. The van der Waals surface area contributed by atoms with Gasteiger partial charge in [-0.25, -0.2) is 4.68 Å². The second kappa shape index (κ2) is 6.07. The van der Waals surface area contributed by atoms with Crippen LogP contribution in [0, 0.1) is 27.7 Å². The highest BCUT2D eigenvalue weighted by molar-refractivity contribution is 6.36. The van der Waals surface area contributed by atoms with Crippen LogP contribution in [0.25, 0.3) is 10.8 Å². The monoisotopic (exact) mass is 362 g/mol. The molecule has 2 heterocycles. The zero-order chi connectivity index (χ0) is 17.6. The number of aryl methyl sites for hydroxylation is 4. The average molecular weight is 363 g/mol. The van der Waals surface area contributed by atoms with E-state index in [9.17, 15) is 5.11 Å². The molecule has 0 aliphatic rings. The van der Waals surface area contributed by atoms with Gasteiger partial charge in [-0.15, -0.1) is 0 Å². The van der Waals surface area contributed by atoms with Gasteiger partial charge in [0.15, 0.2) is 0 Å². The van der Waals surface area contributed by atoms with Crippen molar-refractivity contribution >= 4 is 40.2 Å². The number of fused-ring (bicyclic) bond motifs is 1. The Hall–Kier alpha value is -2.11. The molecular weight excluding hydrogens is 347 g/mol. The number of hydrogen-bond donors (Lipinski definition) is 1. The molecule has 2 aromatic heterocycles. The third-order valence-corrected chi connectivity index (χ3v) is 4.56. The molecule has 0 bridgehead atoms. The third kappa shape index (κ3) is 2.64. The van der Waals surface area contributed by atoms with E-state index in [0.29, 0.717) is 10.6 Å². The SMILES string of the molecule is Cc1nnc(C)c2c(C)n(N=Cc3cc(Cl)cc(Cl)c3O)c(C)c12. The summed E-state index contributed by atoms with van der Waals surface area (Å²) in [4.78, 5) is 0. The zero-order valence-electron chi connectivity index (χ0n) is 13.7. The second-order valence-electron chi connectivity index (χ2n) is 5.67. The summed E-state index contributed by atoms with van der Waals surface area (Å²) in [6.07, 6.45) is 1.54. The van der Waals surface area contributed by atoms with Gasteiger partial charge in [0, 0.05) is 32.7 Å². The molecule has 0 aliphatic heterocycles. The van der Waals surface area contributed by atoms with Crippen LogP contribution in [0.15, 0.2) is 17.2 Å². The molecule has 1 aromatic carbocycles. The maximum absolute atomic E-state index is 10.1. The fourth-order valence-corrected chi connectivity index (χ4v) is 3.45. The van der Waals surface area contributed by atoms with Gasteiger partial charge in [0.05, 0.1) is 22.6 Å². The number of phenols is 1. The van der Waals surface area contributed by atoms with E-state index in [1.54, 1.807) is 6.07 Å². The molecule has 0 spiro atoms. The van der Waals surface area contributed by atoms with Gasteiger partial charge in [-0.3, -0.25) is 0 Å². The number of phenolic OH excluding ortho intramolecular Hbond substituents is 1. The molecule has 1 N–H and O–H groups in total. The summed E-state index contributed by atoms with van der Waals surface area (Å²) in [5, 5.41) is 25.6. The van der Waals surface area contributed by atoms with E-state index in [2.05, 4.69) is 15.3 Å². The standard InChI is InChI=1S/C17H16Cl2N4O/c1-8-15-10(3)23(11(4)16(15)9(2)22-21-8)20-7-12-5-13(18)6-14(19)17(12)24/h5-7,24H,1-4H3. The summed E-state index contributed by atoms with van der Waals surface area (Å²) < 4.78 is 1.81. The quantitative estimate of drug-likeness (QED) is 0.679. The molecule has 0 amide bonds. The highest BCUT2D eigenvalue weighted by Crippen LogP contribution is 2.31. The Morgan fingerprint density at radius 3 is 2.08 bits per heavy atom. The molecule has 124 valence electrons. The minimum atomic E-state index is -0.0486. The Kier molecular flexibility index (Phi) is 4.24. The molecule has 24 heavy (non-hydrogen) atoms. The number of rotatable bonds is 2. The maximum atomic E-state index is 10.1. The Labute approximate surface area is 149 Å². The number of aromatic hydroxyl groups is 1. The lowest BCUT2D eigenvalue weighted by Gasteiger charge is -2.04. The summed E-state index contributed by atoms with van der Waals surface area (Å²) in [6, 6.07) is 3.10. The van der Waals surface area contributed by atoms with Crippen molar-refractivity contribution in [2.75, 3.05) is 0 Å². The second-order valence-corrected chi connectivity index (χ2v) is 6.52. The molecule has 3 aromatic rings. The molecule has 0 atom stereocenters. The van der Waals surface area contributed by atoms with Gasteiger partial charge in [0.25, 0.3) is 0 Å². The fourth-order valence-electron chi connectivity index (χ4n) is 2.94. The largest absolute Gasteiger partial charge is 0.506 e. The molecule has 5 nitrogen and oxygen atoms in total. The summed E-state index contributed by atoms with van der Waals surface area (Å²) in [5.41, 5.74) is 4.09. The summed E-state index contributed by atoms with van der Waals surface area (Å²) in [5.74, 6) is -0.0486. The Morgan fingerprint density at radius 2 is 1.54 bits per heavy atom. The summed E-state index contributed by atoms with van der Waals surface area (Å²) >= 11 is 11.9. The maximum Gasteiger partial charge on any atom is 0.143 e. The Balaban J connectivity index is 2.18. The van der Waals surface area contributed by atoms with Gasteiger partial charge in [0.1, 0.15) is 5.75 Å². The molecule has 3 rings (SSSR count). The van der Waals surface area contributed by atoms with Crippen molar-refractivity contribution in [3.05, 3.63) is 50.5 Å². The Bertz CT molecular complexity index is 947. The number of aromatic nitrogens is 3. The molecule has 0 aliphatic carbocycles. The van der Waals surface area contributed by atoms with Crippen LogP contribution in [-0.2, 0) is 0 Å². The van der Waals surface area contributed by atoms with Crippen molar-refractivity contribution in [2.45, 2.75) is 27.7 Å². The van der Waals surface area contributed by atoms with Crippen molar-refractivity contribution in [2.24, 2.45) is 5.10 Å². The average Bonchev–Trinajstić information content (AvgIpc) is 2.78. The van der Waals surface area contributed by atoms with Gasteiger partial charge < -0.3 is 5.11 Å². The first kappa shape index (κ1) is 16.7. The van der Waals surface area contributed by atoms with E-state index in [1.807, 2.05) is 32.4 Å². The van der Waals surface area contributed by atoms with Crippen LogP contribution in [0.5, 0.6) is 5.75 Å². The molecule has 0 saturated heterocycles. The summed E-state index contributed by atoms with van der Waals surface area (Å²) in [7, 11) is 0. The molecule has 0 fully saturated rings. The highest BCUT2D eigenvalue weighted by Gasteiger charge is 2.16. The predicted molar refractivity (Wildman–Crippen MR) is 97.6 cm³/mol. The predicted octanol–water partition coefficient (Wildman–Crippen LogP) is 4.56. The molecule has 0 radical (unpaired) electrons. The van der Waals surface area contributed by atoms with E-state index >= 15 is 0 Å². The van der Waals surface area contributed by atoms with Crippen molar-refractivity contribution < 1.29 is 5.11 Å². The van der Waals surface area contributed by atoms with Crippen molar-refractivity contribution in [3.8, 4) is 5.75 Å². The van der Waals surface area contributed by atoms with Crippen LogP contribution in [0.4, 0.5) is 0 Å². The van der Waals surface area contributed by atoms with Crippen LogP contribution in [0.2, 0.25) is 10.0 Å². The zero-order valence-corrected chi connectivity index (χ0v) is 15.2. The van der Waals surface area contributed by atoms with E-state index in [1.165, 1.54) is 12.3 Å². The number of hydrogen-bond acceptors (Lipinski definition) is 4. The third-order valence-electron chi connectivity index (χ3n) is 4.05. The van der Waals surface area contributed by atoms with Crippen LogP contribution in [0.1, 0.15) is 28.3 Å². The first-order valence-electron chi connectivity index (χ1n) is 7.35. The fraction of sp³-hybridized carbons (Fsp3) is 0.235. The van der Waals surface area contributed by atoms with Crippen molar-refractivity contribution in [1.82, 2.24) is 14.9 Å². The lowest BCUT2D eigenvalue weighted by atomic mass is 10.1. The topological polar surface area (TPSA) is 63.3 Å². The molecular formula is C17H16Cl2N4O. The van der Waals surface area contributed by atoms with E-state index < -0.39 is 0 Å². The smallest absolute Gasteiger partial charge is 0.143 e. The molecule has 7 heteroatoms. The lowest BCUT2D eigenvalue weighted by Crippen LogP contribution is -1.96. The number of benzene rings is 1. The minimum Gasteiger partial charge on any atom is -0.506 e. The Morgan fingerprint density at radius 1 is 1.00 bits per heavy atom. The molecule has 0 unspecified atom stereocenters. The molecule has 0 saturated carbocycles. The van der Waals surface area contributed by atoms with Gasteiger partial charge in [-0.2, -0.15) is 15.3 Å². The highest BCUT2D eigenvalue weighted by atomic mass is 35.5. The van der Waals surface area contributed by atoms with Crippen LogP contribution >= 0.6 is 23.2 Å². The van der Waals surface area contributed by atoms with E-state index in [0.717, 1.165) is 33.5 Å². The minimum absolute atomic E-state index is 0.0486. The van der Waals surface area contributed by atoms with Crippen LogP contribution in [0.3, 0.4) is 0 Å². The van der Waals surface area contributed by atoms with Crippen LogP contribution < -0.4 is 0 Å². The van der Waals surface area contributed by atoms with Crippen molar-refractivity contribution in [3.63, 3.8) is 0 Å².